The zero-order chi connectivity index (χ0) is 12.3. The summed E-state index contributed by atoms with van der Waals surface area (Å²) in [4.78, 5) is 11.8. The lowest BCUT2D eigenvalue weighted by Crippen LogP contribution is -2.33. The molecule has 94 valence electrons. The Labute approximate surface area is 99.8 Å². The van der Waals surface area contributed by atoms with Gasteiger partial charge in [0.25, 0.3) is 0 Å². The van der Waals surface area contributed by atoms with Gasteiger partial charge in [0.05, 0.1) is 12.7 Å². The number of hydrogen-bond donors (Lipinski definition) is 2. The molecule has 0 radical (unpaired) electrons. The number of rotatable bonds is 4. The molecule has 1 aliphatic heterocycles. The molecule has 0 bridgehead atoms. The fraction of sp³-hybridized carbons (Fsp3) is 0.700. The lowest BCUT2D eigenvalue weighted by molar-refractivity contribution is 0.0314. The molecular weight excluding hydrogens is 222 g/mol. The number of nitrogens with zero attached hydrogens (tertiary/aromatic N) is 3. The molecule has 0 amide bonds. The van der Waals surface area contributed by atoms with Gasteiger partial charge in [0.15, 0.2) is 0 Å². The normalized spacial score (nSPS) is 23.6. The number of aromatic nitrogens is 3. The third kappa shape index (κ3) is 2.94. The van der Waals surface area contributed by atoms with Crippen molar-refractivity contribution in [3.05, 3.63) is 0 Å². The number of nitrogens with two attached hydrogens (primary N) is 1. The molecule has 7 nitrogen and oxygen atoms in total. The maximum Gasteiger partial charge on any atom is 0.322 e. The lowest BCUT2D eigenvalue weighted by Gasteiger charge is -2.23. The molecule has 1 fully saturated rings. The van der Waals surface area contributed by atoms with Crippen LogP contribution >= 0.6 is 0 Å². The van der Waals surface area contributed by atoms with Crippen LogP contribution in [0.3, 0.4) is 0 Å². The van der Waals surface area contributed by atoms with Gasteiger partial charge in [-0.15, -0.1) is 0 Å². The molecule has 0 aromatic carbocycles. The predicted molar refractivity (Wildman–Crippen MR) is 62.9 cm³/mol. The molecular formula is C10H17N5O2. The van der Waals surface area contributed by atoms with Crippen molar-refractivity contribution in [3.63, 3.8) is 0 Å². The molecule has 2 heterocycles. The molecule has 0 spiro atoms. The minimum Gasteiger partial charge on any atom is -0.467 e. The number of methoxy groups -OCH3 is 1. The molecule has 1 atom stereocenters. The summed E-state index contributed by atoms with van der Waals surface area (Å²) in [6.07, 6.45) is 2.11. The largest absolute Gasteiger partial charge is 0.467 e. The van der Waals surface area contributed by atoms with Crippen molar-refractivity contribution in [1.82, 2.24) is 15.0 Å². The fourth-order valence-corrected chi connectivity index (χ4v) is 1.78. The predicted octanol–water partition coefficient (Wildman–Crippen LogP) is 0.443. The summed E-state index contributed by atoms with van der Waals surface area (Å²) in [5.74, 6) is 0.544. The van der Waals surface area contributed by atoms with Crippen molar-refractivity contribution in [2.75, 3.05) is 31.3 Å². The SMILES string of the molecule is COc1nc(N)nc(NCC2(C)CCCO2)n1. The van der Waals surface area contributed by atoms with Crippen LogP contribution in [0.15, 0.2) is 0 Å². The van der Waals surface area contributed by atoms with Gasteiger partial charge in [-0.2, -0.15) is 15.0 Å². The molecule has 1 saturated heterocycles. The van der Waals surface area contributed by atoms with Gasteiger partial charge in [0.1, 0.15) is 0 Å². The quantitative estimate of drug-likeness (QED) is 0.787. The summed E-state index contributed by atoms with van der Waals surface area (Å²) in [7, 11) is 1.49. The van der Waals surface area contributed by atoms with E-state index in [1.807, 2.05) is 0 Å². The molecule has 1 aromatic heterocycles. The van der Waals surface area contributed by atoms with E-state index in [0.29, 0.717) is 12.5 Å². The van der Waals surface area contributed by atoms with E-state index in [9.17, 15) is 0 Å². The van der Waals surface area contributed by atoms with Crippen molar-refractivity contribution in [2.24, 2.45) is 0 Å². The summed E-state index contributed by atoms with van der Waals surface area (Å²) in [5.41, 5.74) is 5.38. The van der Waals surface area contributed by atoms with Gasteiger partial charge in [0, 0.05) is 13.2 Å². The van der Waals surface area contributed by atoms with Crippen molar-refractivity contribution in [2.45, 2.75) is 25.4 Å². The highest BCUT2D eigenvalue weighted by Gasteiger charge is 2.29. The Balaban J connectivity index is 2.00. The monoisotopic (exact) mass is 239 g/mol. The molecule has 17 heavy (non-hydrogen) atoms. The number of nitrogen functional groups attached to an aromatic ring is 1. The van der Waals surface area contributed by atoms with Crippen LogP contribution in [0.1, 0.15) is 19.8 Å². The molecule has 2 rings (SSSR count). The van der Waals surface area contributed by atoms with Gasteiger partial charge < -0.3 is 20.5 Å². The number of ether oxygens (including phenoxy) is 2. The van der Waals surface area contributed by atoms with E-state index in [-0.39, 0.29) is 17.6 Å². The molecule has 0 aliphatic carbocycles. The van der Waals surface area contributed by atoms with Crippen LogP contribution in [0.4, 0.5) is 11.9 Å². The average Bonchev–Trinajstić information content (AvgIpc) is 2.73. The third-order valence-corrected chi connectivity index (χ3v) is 2.74. The average molecular weight is 239 g/mol. The van der Waals surface area contributed by atoms with E-state index in [1.54, 1.807) is 0 Å². The Morgan fingerprint density at radius 1 is 1.47 bits per heavy atom. The van der Waals surface area contributed by atoms with E-state index >= 15 is 0 Å². The fourth-order valence-electron chi connectivity index (χ4n) is 1.78. The van der Waals surface area contributed by atoms with Gasteiger partial charge >= 0.3 is 6.01 Å². The van der Waals surface area contributed by atoms with Crippen LogP contribution in [0.25, 0.3) is 0 Å². The van der Waals surface area contributed by atoms with E-state index < -0.39 is 0 Å². The van der Waals surface area contributed by atoms with Crippen LogP contribution in [-0.2, 0) is 4.74 Å². The Morgan fingerprint density at radius 2 is 2.29 bits per heavy atom. The van der Waals surface area contributed by atoms with E-state index in [0.717, 1.165) is 19.4 Å². The maximum absolute atomic E-state index is 5.65. The second kappa shape index (κ2) is 4.70. The Bertz CT molecular complexity index is 392. The summed E-state index contributed by atoms with van der Waals surface area (Å²) in [6, 6.07) is 0.206. The van der Waals surface area contributed by atoms with Crippen LogP contribution in [0.2, 0.25) is 0 Å². The van der Waals surface area contributed by atoms with Crippen molar-refractivity contribution >= 4 is 11.9 Å². The zero-order valence-electron chi connectivity index (χ0n) is 10.1. The summed E-state index contributed by atoms with van der Waals surface area (Å²) in [6.45, 7) is 3.51. The first kappa shape index (κ1) is 11.8. The molecule has 7 heteroatoms. The van der Waals surface area contributed by atoms with Crippen LogP contribution in [-0.4, -0.2) is 40.8 Å². The zero-order valence-corrected chi connectivity index (χ0v) is 10.1. The van der Waals surface area contributed by atoms with E-state index in [4.69, 9.17) is 15.2 Å². The molecule has 1 aliphatic rings. The molecule has 0 saturated carbocycles. The first-order chi connectivity index (χ1) is 8.11. The van der Waals surface area contributed by atoms with Crippen LogP contribution < -0.4 is 15.8 Å². The molecule has 3 N–H and O–H groups in total. The minimum atomic E-state index is -0.158. The Kier molecular flexibility index (Phi) is 3.28. The third-order valence-electron chi connectivity index (χ3n) is 2.74. The molecule has 1 aromatic rings. The summed E-state index contributed by atoms with van der Waals surface area (Å²) in [5, 5.41) is 3.10. The van der Waals surface area contributed by atoms with E-state index in [1.165, 1.54) is 7.11 Å². The highest BCUT2D eigenvalue weighted by molar-refractivity contribution is 5.32. The Hall–Kier alpha value is -1.63. The van der Waals surface area contributed by atoms with Crippen LogP contribution in [0, 0.1) is 0 Å². The van der Waals surface area contributed by atoms with Gasteiger partial charge in [0.2, 0.25) is 11.9 Å². The van der Waals surface area contributed by atoms with Gasteiger partial charge in [-0.25, -0.2) is 0 Å². The van der Waals surface area contributed by atoms with Crippen LogP contribution in [0.5, 0.6) is 6.01 Å². The summed E-state index contributed by atoms with van der Waals surface area (Å²) >= 11 is 0. The first-order valence-corrected chi connectivity index (χ1v) is 5.55. The number of hydrogen-bond acceptors (Lipinski definition) is 7. The summed E-state index contributed by atoms with van der Waals surface area (Å²) < 4.78 is 10.6. The van der Waals surface area contributed by atoms with Crippen molar-refractivity contribution < 1.29 is 9.47 Å². The van der Waals surface area contributed by atoms with Gasteiger partial charge in [-0.3, -0.25) is 0 Å². The van der Waals surface area contributed by atoms with Gasteiger partial charge in [-0.05, 0) is 19.8 Å². The second-order valence-corrected chi connectivity index (χ2v) is 4.26. The Morgan fingerprint density at radius 3 is 2.94 bits per heavy atom. The van der Waals surface area contributed by atoms with Crippen molar-refractivity contribution in [1.29, 1.82) is 0 Å². The topological polar surface area (TPSA) is 95.2 Å². The number of nitrogens with one attached hydrogen (secondary N) is 1. The highest BCUT2D eigenvalue weighted by atomic mass is 16.5. The molecule has 1 unspecified atom stereocenters. The smallest absolute Gasteiger partial charge is 0.322 e. The highest BCUT2D eigenvalue weighted by Crippen LogP contribution is 2.25. The van der Waals surface area contributed by atoms with E-state index in [2.05, 4.69) is 27.2 Å². The van der Waals surface area contributed by atoms with Crippen molar-refractivity contribution in [3.8, 4) is 6.01 Å². The van der Waals surface area contributed by atoms with Gasteiger partial charge in [-0.1, -0.05) is 0 Å². The second-order valence-electron chi connectivity index (χ2n) is 4.26. The minimum absolute atomic E-state index is 0.136. The standard InChI is InChI=1S/C10H17N5O2/c1-10(4-3-5-17-10)6-12-8-13-7(11)14-9(15-8)16-2/h3-6H2,1-2H3,(H3,11,12,13,14,15). The number of anilines is 2. The first-order valence-electron chi connectivity index (χ1n) is 5.55. The maximum atomic E-state index is 5.65. The lowest BCUT2D eigenvalue weighted by atomic mass is 10.0.